The van der Waals surface area contributed by atoms with Crippen LogP contribution in [0, 0.1) is 13.8 Å². The molecule has 1 aliphatic rings. The molecule has 3 heterocycles. The minimum atomic E-state index is -0.924. The molecular weight excluding hydrogens is 484 g/mol. The Morgan fingerprint density at radius 3 is 2.50 bits per heavy atom. The van der Waals surface area contributed by atoms with E-state index in [-0.39, 0.29) is 29.9 Å². The largest absolute Gasteiger partial charge is 0.353 e. The lowest BCUT2D eigenvalue weighted by atomic mass is 10.1. The molecule has 1 unspecified atom stereocenters. The van der Waals surface area contributed by atoms with Crippen LogP contribution in [0.5, 0.6) is 0 Å². The normalized spacial score (nSPS) is 15.5. The summed E-state index contributed by atoms with van der Waals surface area (Å²) in [4.78, 5) is 55.2. The number of nitrogens with zero attached hydrogens (tertiary/aromatic N) is 5. The molecular formula is C23H26N8O4S. The highest BCUT2D eigenvalue weighted by atomic mass is 32.2. The van der Waals surface area contributed by atoms with Gasteiger partial charge in [-0.3, -0.25) is 23.6 Å². The molecule has 188 valence electrons. The monoisotopic (exact) mass is 510 g/mol. The van der Waals surface area contributed by atoms with Crippen molar-refractivity contribution in [3.05, 3.63) is 41.7 Å². The molecule has 0 bridgehead atoms. The lowest BCUT2D eigenvalue weighted by Crippen LogP contribution is -2.58. The minimum Gasteiger partial charge on any atom is -0.353 e. The number of rotatable bonds is 7. The Morgan fingerprint density at radius 1 is 1.11 bits per heavy atom. The Kier molecular flexibility index (Phi) is 7.48. The molecule has 4 amide bonds. The zero-order valence-corrected chi connectivity index (χ0v) is 20.9. The van der Waals surface area contributed by atoms with Gasteiger partial charge in [0.1, 0.15) is 6.04 Å². The Labute approximate surface area is 211 Å². The first-order valence-electron chi connectivity index (χ1n) is 11.3. The number of hydrogen-bond acceptors (Lipinski definition) is 8. The number of aryl methyl sites for hydroxylation is 2. The smallest absolute Gasteiger partial charge is 0.256 e. The van der Waals surface area contributed by atoms with Gasteiger partial charge in [0.15, 0.2) is 5.16 Å². The molecule has 1 aliphatic heterocycles. The molecule has 1 fully saturated rings. The van der Waals surface area contributed by atoms with E-state index in [0.717, 1.165) is 11.4 Å². The van der Waals surface area contributed by atoms with E-state index in [1.54, 1.807) is 28.7 Å². The van der Waals surface area contributed by atoms with Crippen molar-refractivity contribution in [2.75, 3.05) is 29.5 Å². The van der Waals surface area contributed by atoms with Gasteiger partial charge in [0.2, 0.25) is 23.6 Å². The van der Waals surface area contributed by atoms with E-state index in [9.17, 15) is 19.2 Å². The van der Waals surface area contributed by atoms with Gasteiger partial charge in [-0.15, -0.1) is 10.2 Å². The first kappa shape index (κ1) is 25.1. The molecule has 0 spiro atoms. The number of piperazine rings is 1. The maximum absolute atomic E-state index is 13.1. The molecule has 0 saturated carbocycles. The Bertz CT molecular complexity index is 1320. The average molecular weight is 511 g/mol. The molecule has 36 heavy (non-hydrogen) atoms. The molecule has 1 atom stereocenters. The number of thioether (sulfide) groups is 1. The van der Waals surface area contributed by atoms with Crippen LogP contribution in [0.1, 0.15) is 24.7 Å². The number of carbonyl (C=O) groups excluding carboxylic acids is 4. The lowest BCUT2D eigenvalue weighted by molar-refractivity contribution is -0.142. The zero-order chi connectivity index (χ0) is 25.8. The summed E-state index contributed by atoms with van der Waals surface area (Å²) >= 11 is 1.20. The van der Waals surface area contributed by atoms with Crippen molar-refractivity contribution < 1.29 is 19.2 Å². The molecule has 1 saturated heterocycles. The van der Waals surface area contributed by atoms with Crippen LogP contribution in [-0.4, -0.2) is 73.0 Å². The third kappa shape index (κ3) is 5.79. The summed E-state index contributed by atoms with van der Waals surface area (Å²) in [5.41, 5.74) is 2.83. The topological polar surface area (TPSA) is 151 Å². The highest BCUT2D eigenvalue weighted by Gasteiger charge is 2.34. The van der Waals surface area contributed by atoms with Gasteiger partial charge in [-0.25, -0.2) is 4.98 Å². The predicted molar refractivity (Wildman–Crippen MR) is 133 cm³/mol. The highest BCUT2D eigenvalue weighted by Crippen LogP contribution is 2.21. The fourth-order valence-corrected chi connectivity index (χ4v) is 4.82. The van der Waals surface area contributed by atoms with Crippen LogP contribution < -0.4 is 16.0 Å². The van der Waals surface area contributed by atoms with E-state index < -0.39 is 11.9 Å². The highest BCUT2D eigenvalue weighted by molar-refractivity contribution is 7.99. The minimum absolute atomic E-state index is 0.0319. The quantitative estimate of drug-likeness (QED) is 0.401. The number of hydrogen-bond donors (Lipinski definition) is 3. The molecule has 4 rings (SSSR count). The first-order chi connectivity index (χ1) is 17.2. The van der Waals surface area contributed by atoms with E-state index in [1.807, 2.05) is 19.9 Å². The van der Waals surface area contributed by atoms with Crippen molar-refractivity contribution in [2.45, 2.75) is 38.4 Å². The summed E-state index contributed by atoms with van der Waals surface area (Å²) < 4.78 is 1.77. The number of fused-ring (bicyclic) bond motifs is 1. The Balaban J connectivity index is 1.39. The number of carbonyl (C=O) groups is 4. The number of anilines is 2. The van der Waals surface area contributed by atoms with Gasteiger partial charge in [-0.05, 0) is 44.2 Å². The Hall–Kier alpha value is -4.00. The van der Waals surface area contributed by atoms with Gasteiger partial charge in [0, 0.05) is 42.8 Å². The summed E-state index contributed by atoms with van der Waals surface area (Å²) in [6.45, 7) is 5.80. The number of aromatic nitrogens is 4. The molecule has 1 aromatic carbocycles. The van der Waals surface area contributed by atoms with E-state index >= 15 is 0 Å². The van der Waals surface area contributed by atoms with E-state index in [0.29, 0.717) is 35.4 Å². The maximum Gasteiger partial charge on any atom is 0.256 e. The maximum atomic E-state index is 13.1. The predicted octanol–water partition coefficient (Wildman–Crippen LogP) is 1.15. The first-order valence-corrected chi connectivity index (χ1v) is 12.3. The standard InChI is InChI=1S/C23H26N8O4S/c1-13-10-14(2)31-22(25-13)28-29-23(31)36-12-20(34)30-9-8-24-21(35)18(30)11-19(33)27-17-6-4-16(5-7-17)26-15(3)32/h4-7,10,18H,8-9,11-12H2,1-3H3,(H,24,35)(H,26,32)(H,27,33). The number of amides is 4. The fourth-order valence-electron chi connectivity index (χ4n) is 3.95. The summed E-state index contributed by atoms with van der Waals surface area (Å²) in [5.74, 6) is -0.766. The fraction of sp³-hybridized carbons (Fsp3) is 0.348. The van der Waals surface area contributed by atoms with E-state index in [4.69, 9.17) is 0 Å². The second-order valence-electron chi connectivity index (χ2n) is 8.35. The van der Waals surface area contributed by atoms with Crippen molar-refractivity contribution in [1.82, 2.24) is 29.8 Å². The van der Waals surface area contributed by atoms with Gasteiger partial charge >= 0.3 is 0 Å². The van der Waals surface area contributed by atoms with Gasteiger partial charge in [0.25, 0.3) is 5.78 Å². The molecule has 3 aromatic rings. The van der Waals surface area contributed by atoms with Crippen molar-refractivity contribution in [3.63, 3.8) is 0 Å². The molecule has 2 aromatic heterocycles. The number of nitrogens with one attached hydrogen (secondary N) is 3. The van der Waals surface area contributed by atoms with Crippen molar-refractivity contribution >= 4 is 52.5 Å². The van der Waals surface area contributed by atoms with E-state index in [1.165, 1.54) is 23.6 Å². The van der Waals surface area contributed by atoms with Gasteiger partial charge in [-0.1, -0.05) is 11.8 Å². The van der Waals surface area contributed by atoms with Crippen LogP contribution in [-0.2, 0) is 19.2 Å². The summed E-state index contributed by atoms with van der Waals surface area (Å²) in [6, 6.07) is 7.58. The molecule has 0 aliphatic carbocycles. The summed E-state index contributed by atoms with van der Waals surface area (Å²) in [5, 5.41) is 16.8. The SMILES string of the molecule is CC(=O)Nc1ccc(NC(=O)CC2C(=O)NCCN2C(=O)CSc2nnc3nc(C)cc(C)n23)cc1. The molecule has 12 nitrogen and oxygen atoms in total. The second-order valence-corrected chi connectivity index (χ2v) is 9.29. The molecule has 13 heteroatoms. The van der Waals surface area contributed by atoms with Crippen molar-refractivity contribution in [3.8, 4) is 0 Å². The average Bonchev–Trinajstić information content (AvgIpc) is 3.23. The van der Waals surface area contributed by atoms with Crippen LogP contribution in [0.2, 0.25) is 0 Å². The number of benzene rings is 1. The van der Waals surface area contributed by atoms with Crippen LogP contribution in [0.4, 0.5) is 11.4 Å². The van der Waals surface area contributed by atoms with Gasteiger partial charge < -0.3 is 20.9 Å². The van der Waals surface area contributed by atoms with E-state index in [2.05, 4.69) is 31.1 Å². The summed E-state index contributed by atoms with van der Waals surface area (Å²) in [7, 11) is 0. The zero-order valence-electron chi connectivity index (χ0n) is 20.1. The van der Waals surface area contributed by atoms with Gasteiger partial charge in [0.05, 0.1) is 12.2 Å². The van der Waals surface area contributed by atoms with Crippen molar-refractivity contribution in [2.24, 2.45) is 0 Å². The van der Waals surface area contributed by atoms with Crippen LogP contribution in [0.15, 0.2) is 35.5 Å². The van der Waals surface area contributed by atoms with Crippen LogP contribution in [0.25, 0.3) is 5.78 Å². The lowest BCUT2D eigenvalue weighted by Gasteiger charge is -2.34. The van der Waals surface area contributed by atoms with Gasteiger partial charge in [-0.2, -0.15) is 0 Å². The molecule has 0 radical (unpaired) electrons. The third-order valence-corrected chi connectivity index (χ3v) is 6.42. The summed E-state index contributed by atoms with van der Waals surface area (Å²) in [6.07, 6.45) is -0.189. The van der Waals surface area contributed by atoms with Crippen LogP contribution >= 0.6 is 11.8 Å². The van der Waals surface area contributed by atoms with Crippen LogP contribution in [0.3, 0.4) is 0 Å². The second kappa shape index (κ2) is 10.7. The van der Waals surface area contributed by atoms with Crippen molar-refractivity contribution in [1.29, 1.82) is 0 Å². The third-order valence-electron chi connectivity index (χ3n) is 5.51. The Morgan fingerprint density at radius 2 is 1.81 bits per heavy atom. The molecule has 3 N–H and O–H groups in total.